The van der Waals surface area contributed by atoms with Gasteiger partial charge in [0.25, 0.3) is 0 Å². The Morgan fingerprint density at radius 1 is 1.60 bits per heavy atom. The number of nitrogens with zero attached hydrogens (tertiary/aromatic N) is 1. The third kappa shape index (κ3) is 1.96. The molecule has 1 rings (SSSR count). The van der Waals surface area contributed by atoms with Crippen LogP contribution in [0.2, 0.25) is 0 Å². The van der Waals surface area contributed by atoms with Crippen molar-refractivity contribution in [1.82, 2.24) is 4.90 Å². The fraction of sp³-hybridized carbons (Fsp3) is 1.00. The van der Waals surface area contributed by atoms with Crippen molar-refractivity contribution in [3.8, 4) is 0 Å². The van der Waals surface area contributed by atoms with Gasteiger partial charge >= 0.3 is 0 Å². The normalized spacial score (nSPS) is 36.3. The van der Waals surface area contributed by atoms with Crippen LogP contribution in [-0.2, 0) is 0 Å². The molecular formula is C8H17NO. The standard InChI is InChI=1S/C8H17NO/c1-3-9-6-4-5-8(2,10)7-9/h10H,3-7H2,1-2H3. The minimum atomic E-state index is -0.422. The zero-order valence-electron chi connectivity index (χ0n) is 6.93. The third-order valence-electron chi connectivity index (χ3n) is 2.20. The number of hydrogen-bond acceptors (Lipinski definition) is 2. The van der Waals surface area contributed by atoms with Crippen molar-refractivity contribution in [2.24, 2.45) is 0 Å². The molecule has 0 aromatic heterocycles. The molecular weight excluding hydrogens is 126 g/mol. The largest absolute Gasteiger partial charge is 0.389 e. The van der Waals surface area contributed by atoms with Crippen LogP contribution >= 0.6 is 0 Å². The fourth-order valence-electron chi connectivity index (χ4n) is 1.59. The smallest absolute Gasteiger partial charge is 0.0746 e. The molecule has 0 amide bonds. The van der Waals surface area contributed by atoms with Crippen molar-refractivity contribution in [2.45, 2.75) is 32.3 Å². The van der Waals surface area contributed by atoms with E-state index in [9.17, 15) is 5.11 Å². The Morgan fingerprint density at radius 3 is 2.70 bits per heavy atom. The van der Waals surface area contributed by atoms with Gasteiger partial charge in [0.05, 0.1) is 5.60 Å². The number of β-amino-alcohol motifs (C(OH)–C–C–N with tert-alkyl or cyclic N) is 1. The Labute approximate surface area is 62.8 Å². The van der Waals surface area contributed by atoms with Crippen molar-refractivity contribution in [1.29, 1.82) is 0 Å². The van der Waals surface area contributed by atoms with Crippen LogP contribution in [0.25, 0.3) is 0 Å². The lowest BCUT2D eigenvalue weighted by molar-refractivity contribution is -0.0137. The first-order chi connectivity index (χ1) is 4.64. The zero-order valence-corrected chi connectivity index (χ0v) is 6.93. The molecule has 0 aliphatic carbocycles. The summed E-state index contributed by atoms with van der Waals surface area (Å²) in [6.45, 7) is 7.14. The van der Waals surface area contributed by atoms with E-state index in [1.54, 1.807) is 0 Å². The summed E-state index contributed by atoms with van der Waals surface area (Å²) in [7, 11) is 0. The number of rotatable bonds is 1. The van der Waals surface area contributed by atoms with Crippen LogP contribution in [0.5, 0.6) is 0 Å². The van der Waals surface area contributed by atoms with Gasteiger partial charge in [-0.15, -0.1) is 0 Å². The van der Waals surface area contributed by atoms with Crippen molar-refractivity contribution >= 4 is 0 Å². The first-order valence-corrected chi connectivity index (χ1v) is 4.09. The molecule has 2 nitrogen and oxygen atoms in total. The predicted octanol–water partition coefficient (Wildman–Crippen LogP) is 0.853. The van der Waals surface area contributed by atoms with E-state index in [1.165, 1.54) is 0 Å². The van der Waals surface area contributed by atoms with Crippen LogP contribution in [0.4, 0.5) is 0 Å². The van der Waals surface area contributed by atoms with E-state index in [0.29, 0.717) is 0 Å². The Morgan fingerprint density at radius 2 is 2.30 bits per heavy atom. The van der Waals surface area contributed by atoms with E-state index in [-0.39, 0.29) is 0 Å². The van der Waals surface area contributed by atoms with Gasteiger partial charge in [0.1, 0.15) is 0 Å². The summed E-state index contributed by atoms with van der Waals surface area (Å²) < 4.78 is 0. The molecule has 0 aromatic carbocycles. The summed E-state index contributed by atoms with van der Waals surface area (Å²) in [6, 6.07) is 0. The first kappa shape index (κ1) is 8.02. The molecule has 0 spiro atoms. The average Bonchev–Trinajstić information content (AvgIpc) is 1.86. The Bertz CT molecular complexity index is 112. The molecule has 0 saturated carbocycles. The van der Waals surface area contributed by atoms with Gasteiger partial charge in [-0.3, -0.25) is 0 Å². The van der Waals surface area contributed by atoms with Crippen LogP contribution in [-0.4, -0.2) is 35.2 Å². The molecule has 60 valence electrons. The lowest BCUT2D eigenvalue weighted by Gasteiger charge is -2.36. The molecule has 0 aromatic rings. The number of hydrogen-bond donors (Lipinski definition) is 1. The minimum Gasteiger partial charge on any atom is -0.389 e. The van der Waals surface area contributed by atoms with Gasteiger partial charge in [0.2, 0.25) is 0 Å². The molecule has 1 aliphatic rings. The Hall–Kier alpha value is -0.0800. The van der Waals surface area contributed by atoms with Gasteiger partial charge in [-0.2, -0.15) is 0 Å². The molecule has 1 heterocycles. The highest BCUT2D eigenvalue weighted by molar-refractivity contribution is 4.81. The minimum absolute atomic E-state index is 0.422. The maximum absolute atomic E-state index is 9.63. The van der Waals surface area contributed by atoms with Crippen LogP contribution in [0.3, 0.4) is 0 Å². The van der Waals surface area contributed by atoms with Crippen LogP contribution in [0.1, 0.15) is 26.7 Å². The van der Waals surface area contributed by atoms with E-state index in [1.807, 2.05) is 6.92 Å². The van der Waals surface area contributed by atoms with Crippen molar-refractivity contribution < 1.29 is 5.11 Å². The summed E-state index contributed by atoms with van der Waals surface area (Å²) >= 11 is 0. The first-order valence-electron chi connectivity index (χ1n) is 4.09. The highest BCUT2D eigenvalue weighted by Crippen LogP contribution is 2.19. The molecule has 0 radical (unpaired) electrons. The van der Waals surface area contributed by atoms with E-state index in [0.717, 1.165) is 32.5 Å². The summed E-state index contributed by atoms with van der Waals surface area (Å²) in [4.78, 5) is 2.30. The van der Waals surface area contributed by atoms with Gasteiger partial charge in [0, 0.05) is 6.54 Å². The van der Waals surface area contributed by atoms with E-state index < -0.39 is 5.60 Å². The van der Waals surface area contributed by atoms with E-state index >= 15 is 0 Å². The van der Waals surface area contributed by atoms with Gasteiger partial charge in [-0.05, 0) is 32.9 Å². The zero-order chi connectivity index (χ0) is 7.61. The van der Waals surface area contributed by atoms with Crippen molar-refractivity contribution in [3.05, 3.63) is 0 Å². The summed E-state index contributed by atoms with van der Waals surface area (Å²) in [5.74, 6) is 0. The second kappa shape index (κ2) is 2.89. The Kier molecular flexibility index (Phi) is 2.32. The lowest BCUT2D eigenvalue weighted by atomic mass is 9.95. The van der Waals surface area contributed by atoms with Gasteiger partial charge < -0.3 is 10.0 Å². The maximum Gasteiger partial charge on any atom is 0.0746 e. The molecule has 1 unspecified atom stereocenters. The van der Waals surface area contributed by atoms with Crippen LogP contribution in [0.15, 0.2) is 0 Å². The predicted molar refractivity (Wildman–Crippen MR) is 42.0 cm³/mol. The molecule has 10 heavy (non-hydrogen) atoms. The quantitative estimate of drug-likeness (QED) is 0.588. The molecule has 0 bridgehead atoms. The summed E-state index contributed by atoms with van der Waals surface area (Å²) in [5, 5.41) is 9.63. The molecule has 2 heteroatoms. The van der Waals surface area contributed by atoms with Crippen molar-refractivity contribution in [2.75, 3.05) is 19.6 Å². The lowest BCUT2D eigenvalue weighted by Crippen LogP contribution is -2.45. The van der Waals surface area contributed by atoms with Crippen LogP contribution < -0.4 is 0 Å². The monoisotopic (exact) mass is 143 g/mol. The average molecular weight is 143 g/mol. The number of aliphatic hydroxyl groups is 1. The molecule has 1 fully saturated rings. The highest BCUT2D eigenvalue weighted by Gasteiger charge is 2.26. The molecule has 1 saturated heterocycles. The highest BCUT2D eigenvalue weighted by atomic mass is 16.3. The van der Waals surface area contributed by atoms with E-state index in [2.05, 4.69) is 11.8 Å². The second-order valence-electron chi connectivity index (χ2n) is 3.47. The topological polar surface area (TPSA) is 23.5 Å². The van der Waals surface area contributed by atoms with Gasteiger partial charge in [-0.25, -0.2) is 0 Å². The molecule has 1 aliphatic heterocycles. The van der Waals surface area contributed by atoms with Crippen LogP contribution in [0, 0.1) is 0 Å². The van der Waals surface area contributed by atoms with Crippen molar-refractivity contribution in [3.63, 3.8) is 0 Å². The molecule has 1 atom stereocenters. The fourth-order valence-corrected chi connectivity index (χ4v) is 1.59. The van der Waals surface area contributed by atoms with Gasteiger partial charge in [0.15, 0.2) is 0 Å². The molecule has 1 N–H and O–H groups in total. The number of likely N-dealkylation sites (N-methyl/N-ethyl adjacent to an activating group) is 1. The second-order valence-corrected chi connectivity index (χ2v) is 3.47. The number of likely N-dealkylation sites (tertiary alicyclic amines) is 1. The van der Waals surface area contributed by atoms with Gasteiger partial charge in [-0.1, -0.05) is 6.92 Å². The Balaban J connectivity index is 2.40. The third-order valence-corrected chi connectivity index (χ3v) is 2.20. The number of piperidine rings is 1. The summed E-state index contributed by atoms with van der Waals surface area (Å²) in [6.07, 6.45) is 2.10. The maximum atomic E-state index is 9.63. The SMILES string of the molecule is CCN1CCCC(C)(O)C1. The van der Waals surface area contributed by atoms with E-state index in [4.69, 9.17) is 0 Å². The summed E-state index contributed by atoms with van der Waals surface area (Å²) in [5.41, 5.74) is -0.422.